The van der Waals surface area contributed by atoms with Crippen molar-refractivity contribution in [1.82, 2.24) is 5.32 Å². The molecule has 0 saturated carbocycles. The molecule has 0 saturated heterocycles. The highest BCUT2D eigenvalue weighted by Gasteiger charge is 2.22. The second kappa shape index (κ2) is 6.41. The van der Waals surface area contributed by atoms with Crippen molar-refractivity contribution in [2.75, 3.05) is 6.61 Å². The number of alkyl carbamates (subject to hydrolysis) is 1. The van der Waals surface area contributed by atoms with E-state index in [1.54, 1.807) is 0 Å². The van der Waals surface area contributed by atoms with Gasteiger partial charge in [-0.05, 0) is 0 Å². The molecule has 15 heavy (non-hydrogen) atoms. The van der Waals surface area contributed by atoms with E-state index >= 15 is 0 Å². The van der Waals surface area contributed by atoms with E-state index in [0.717, 1.165) is 0 Å². The van der Waals surface area contributed by atoms with Crippen LogP contribution in [0.1, 0.15) is 6.42 Å². The Morgan fingerprint density at radius 2 is 2.13 bits per heavy atom. The van der Waals surface area contributed by atoms with Crippen molar-refractivity contribution in [3.8, 4) is 0 Å². The fraction of sp³-hybridized carbons (Fsp3) is 0.375. The summed E-state index contributed by atoms with van der Waals surface area (Å²) in [6.07, 6.45) is -0.106. The van der Waals surface area contributed by atoms with Crippen molar-refractivity contribution in [1.29, 1.82) is 0 Å². The van der Waals surface area contributed by atoms with Crippen molar-refractivity contribution in [2.24, 2.45) is 5.73 Å². The minimum absolute atomic E-state index is 0.0469. The molecule has 0 rings (SSSR count). The Kier molecular flexibility index (Phi) is 5.53. The fourth-order valence-electron chi connectivity index (χ4n) is 0.720. The first-order chi connectivity index (χ1) is 6.97. The second-order valence-corrected chi connectivity index (χ2v) is 2.59. The van der Waals surface area contributed by atoms with Gasteiger partial charge in [-0.15, -0.1) is 0 Å². The van der Waals surface area contributed by atoms with Gasteiger partial charge in [-0.1, -0.05) is 12.7 Å². The van der Waals surface area contributed by atoms with Gasteiger partial charge < -0.3 is 20.9 Å². The van der Waals surface area contributed by atoms with Gasteiger partial charge in [0, 0.05) is 0 Å². The van der Waals surface area contributed by atoms with E-state index in [1.165, 1.54) is 6.08 Å². The lowest BCUT2D eigenvalue weighted by Gasteiger charge is -2.11. The quantitative estimate of drug-likeness (QED) is 0.503. The summed E-state index contributed by atoms with van der Waals surface area (Å²) in [6.45, 7) is 3.25. The highest BCUT2D eigenvalue weighted by Crippen LogP contribution is 1.93. The number of carbonyl (C=O) groups excluding carboxylic acids is 2. The number of primary amides is 1. The predicted molar refractivity (Wildman–Crippen MR) is 49.9 cm³/mol. The molecule has 0 spiro atoms. The standard InChI is InChI=1S/C8H12N2O5/c1-2-3-15-8(14)10-5(7(12)13)4-6(9)11/h2,5H,1,3-4H2,(H2,9,11)(H,10,14)(H,12,13)/t5-/m1/s1. The summed E-state index contributed by atoms with van der Waals surface area (Å²) in [5.74, 6) is -2.18. The minimum Gasteiger partial charge on any atom is -0.480 e. The normalized spacial score (nSPS) is 11.2. The monoisotopic (exact) mass is 216 g/mol. The summed E-state index contributed by atoms with van der Waals surface area (Å²) in [7, 11) is 0. The molecule has 4 N–H and O–H groups in total. The molecule has 7 heteroatoms. The molecule has 84 valence electrons. The second-order valence-electron chi connectivity index (χ2n) is 2.59. The van der Waals surface area contributed by atoms with Crippen LogP contribution in [0.3, 0.4) is 0 Å². The number of aliphatic carboxylic acids is 1. The summed E-state index contributed by atoms with van der Waals surface area (Å²) in [6, 6.07) is -1.38. The molecule has 7 nitrogen and oxygen atoms in total. The maximum absolute atomic E-state index is 10.9. The van der Waals surface area contributed by atoms with Crippen LogP contribution in [0.2, 0.25) is 0 Å². The van der Waals surface area contributed by atoms with E-state index in [9.17, 15) is 14.4 Å². The number of nitrogens with two attached hydrogens (primary N) is 1. The van der Waals surface area contributed by atoms with Crippen LogP contribution in [0, 0.1) is 0 Å². The maximum Gasteiger partial charge on any atom is 0.408 e. The summed E-state index contributed by atoms with van der Waals surface area (Å²) in [5.41, 5.74) is 4.80. The van der Waals surface area contributed by atoms with E-state index < -0.39 is 30.4 Å². The van der Waals surface area contributed by atoms with E-state index in [-0.39, 0.29) is 6.61 Å². The molecule has 0 aromatic rings. The minimum atomic E-state index is -1.38. The lowest BCUT2D eigenvalue weighted by Crippen LogP contribution is -2.43. The van der Waals surface area contributed by atoms with Crippen molar-refractivity contribution in [3.63, 3.8) is 0 Å². The van der Waals surface area contributed by atoms with Crippen LogP contribution < -0.4 is 11.1 Å². The topological polar surface area (TPSA) is 119 Å². The molecular weight excluding hydrogens is 204 g/mol. The average Bonchev–Trinajstić information content (AvgIpc) is 2.12. The van der Waals surface area contributed by atoms with Crippen molar-refractivity contribution in [2.45, 2.75) is 12.5 Å². The lowest BCUT2D eigenvalue weighted by atomic mass is 10.2. The Bertz CT molecular complexity index is 276. The molecular formula is C8H12N2O5. The van der Waals surface area contributed by atoms with Crippen LogP contribution in [0.5, 0.6) is 0 Å². The van der Waals surface area contributed by atoms with Crippen LogP contribution in [-0.2, 0) is 14.3 Å². The molecule has 0 radical (unpaired) electrons. The number of carboxylic acid groups (broad SMARTS) is 1. The van der Waals surface area contributed by atoms with Gasteiger partial charge >= 0.3 is 12.1 Å². The molecule has 0 aliphatic rings. The van der Waals surface area contributed by atoms with E-state index in [2.05, 4.69) is 11.3 Å². The number of carboxylic acids is 1. The van der Waals surface area contributed by atoms with Crippen LogP contribution in [0.15, 0.2) is 12.7 Å². The van der Waals surface area contributed by atoms with Crippen LogP contribution >= 0.6 is 0 Å². The Morgan fingerprint density at radius 1 is 1.53 bits per heavy atom. The number of rotatable bonds is 6. The number of ether oxygens (including phenoxy) is 1. The van der Waals surface area contributed by atoms with Crippen LogP contribution in [-0.4, -0.2) is 35.7 Å². The van der Waals surface area contributed by atoms with Gasteiger partial charge in [0.1, 0.15) is 12.6 Å². The van der Waals surface area contributed by atoms with Crippen molar-refractivity contribution < 1.29 is 24.2 Å². The molecule has 0 aromatic carbocycles. The third-order valence-corrected chi connectivity index (χ3v) is 1.33. The van der Waals surface area contributed by atoms with E-state index in [0.29, 0.717) is 0 Å². The number of hydrogen-bond acceptors (Lipinski definition) is 4. The zero-order chi connectivity index (χ0) is 11.8. The van der Waals surface area contributed by atoms with Gasteiger partial charge in [0.15, 0.2) is 0 Å². The molecule has 1 atom stereocenters. The van der Waals surface area contributed by atoms with Crippen LogP contribution in [0.25, 0.3) is 0 Å². The number of carbonyl (C=O) groups is 3. The summed E-state index contributed by atoms with van der Waals surface area (Å²) in [4.78, 5) is 31.9. The first kappa shape index (κ1) is 12.9. The Labute approximate surface area is 85.9 Å². The highest BCUT2D eigenvalue weighted by molar-refractivity contribution is 5.86. The first-order valence-electron chi connectivity index (χ1n) is 4.02. The zero-order valence-electron chi connectivity index (χ0n) is 7.93. The van der Waals surface area contributed by atoms with Gasteiger partial charge in [0.25, 0.3) is 0 Å². The van der Waals surface area contributed by atoms with Gasteiger partial charge in [-0.25, -0.2) is 9.59 Å². The molecule has 0 fully saturated rings. The van der Waals surface area contributed by atoms with E-state index in [1.807, 2.05) is 5.32 Å². The van der Waals surface area contributed by atoms with Crippen LogP contribution in [0.4, 0.5) is 4.79 Å². The Morgan fingerprint density at radius 3 is 2.53 bits per heavy atom. The lowest BCUT2D eigenvalue weighted by molar-refractivity contribution is -0.141. The van der Waals surface area contributed by atoms with Gasteiger partial charge in [0.2, 0.25) is 5.91 Å². The molecule has 0 aliphatic heterocycles. The molecule has 0 aliphatic carbocycles. The van der Waals surface area contributed by atoms with Gasteiger partial charge in [0.05, 0.1) is 6.42 Å². The van der Waals surface area contributed by atoms with Gasteiger partial charge in [-0.3, -0.25) is 4.79 Å². The smallest absolute Gasteiger partial charge is 0.408 e. The first-order valence-corrected chi connectivity index (χ1v) is 4.02. The van der Waals surface area contributed by atoms with Crippen molar-refractivity contribution >= 4 is 18.0 Å². The maximum atomic E-state index is 10.9. The summed E-state index contributed by atoms with van der Waals surface area (Å²) >= 11 is 0. The Hall–Kier alpha value is -2.05. The third-order valence-electron chi connectivity index (χ3n) is 1.33. The number of nitrogens with one attached hydrogen (secondary N) is 1. The van der Waals surface area contributed by atoms with Crippen molar-refractivity contribution in [3.05, 3.63) is 12.7 Å². The molecule has 0 bridgehead atoms. The van der Waals surface area contributed by atoms with E-state index in [4.69, 9.17) is 10.8 Å². The Balaban J connectivity index is 4.16. The van der Waals surface area contributed by atoms with Gasteiger partial charge in [-0.2, -0.15) is 0 Å². The zero-order valence-corrected chi connectivity index (χ0v) is 7.93. The molecule has 0 aromatic heterocycles. The average molecular weight is 216 g/mol. The third kappa shape index (κ3) is 6.08. The number of amides is 2. The number of hydrogen-bond donors (Lipinski definition) is 3. The molecule has 0 heterocycles. The summed E-state index contributed by atoms with van der Waals surface area (Å²) in [5, 5.41) is 10.6. The molecule has 0 unspecified atom stereocenters. The highest BCUT2D eigenvalue weighted by atomic mass is 16.5. The SMILES string of the molecule is C=CCOC(=O)N[C@H](CC(N)=O)C(=O)O. The molecule has 2 amide bonds. The fourth-order valence-corrected chi connectivity index (χ4v) is 0.720. The largest absolute Gasteiger partial charge is 0.480 e. The predicted octanol–water partition coefficient (Wildman–Crippen LogP) is -0.773. The summed E-state index contributed by atoms with van der Waals surface area (Å²) < 4.78 is 4.47.